The van der Waals surface area contributed by atoms with Crippen LogP contribution in [0.25, 0.3) is 11.0 Å². The van der Waals surface area contributed by atoms with Gasteiger partial charge in [0.25, 0.3) is 0 Å². The van der Waals surface area contributed by atoms with Crippen molar-refractivity contribution < 1.29 is 9.90 Å². The molecule has 130 valence electrons. The van der Waals surface area contributed by atoms with Crippen LogP contribution < -0.4 is 0 Å². The summed E-state index contributed by atoms with van der Waals surface area (Å²) in [6.07, 6.45) is 1.47. The molecule has 0 spiro atoms. The average Bonchev–Trinajstić information content (AvgIpc) is 2.88. The minimum Gasteiger partial charge on any atom is -0.392 e. The maximum absolute atomic E-state index is 12.4. The second-order valence-corrected chi connectivity index (χ2v) is 6.92. The number of imidazole rings is 1. The van der Waals surface area contributed by atoms with Gasteiger partial charge in [0, 0.05) is 13.6 Å². The van der Waals surface area contributed by atoms with Crippen molar-refractivity contribution in [3.05, 3.63) is 29.1 Å². The second kappa shape index (κ2) is 6.91. The van der Waals surface area contributed by atoms with Crippen LogP contribution in [-0.4, -0.2) is 63.6 Å². The highest BCUT2D eigenvalue weighted by molar-refractivity contribution is 5.79. The number of H-pyrrole nitrogens is 1. The highest BCUT2D eigenvalue weighted by Gasteiger charge is 2.21. The van der Waals surface area contributed by atoms with Gasteiger partial charge in [-0.25, -0.2) is 4.98 Å². The third kappa shape index (κ3) is 3.76. The average molecular weight is 330 g/mol. The van der Waals surface area contributed by atoms with Gasteiger partial charge in [0.15, 0.2) is 0 Å². The highest BCUT2D eigenvalue weighted by atomic mass is 16.3. The summed E-state index contributed by atoms with van der Waals surface area (Å²) >= 11 is 0. The van der Waals surface area contributed by atoms with Gasteiger partial charge in [-0.1, -0.05) is 0 Å². The molecule has 0 aliphatic carbocycles. The maximum atomic E-state index is 12.4. The number of likely N-dealkylation sites (tertiary alicyclic amines) is 1. The zero-order valence-corrected chi connectivity index (χ0v) is 14.7. The van der Waals surface area contributed by atoms with E-state index in [-0.39, 0.29) is 12.0 Å². The van der Waals surface area contributed by atoms with Crippen LogP contribution in [0.5, 0.6) is 0 Å². The summed E-state index contributed by atoms with van der Waals surface area (Å²) < 4.78 is 0. The number of likely N-dealkylation sites (N-methyl/N-ethyl adjacent to an activating group) is 1. The number of carbonyl (C=O) groups excluding carboxylic acids is 1. The molecule has 2 N–H and O–H groups in total. The molecule has 6 nitrogen and oxygen atoms in total. The van der Waals surface area contributed by atoms with Gasteiger partial charge in [-0.15, -0.1) is 0 Å². The van der Waals surface area contributed by atoms with Crippen LogP contribution in [0.1, 0.15) is 29.8 Å². The molecule has 2 aromatic rings. The Morgan fingerprint density at radius 3 is 2.92 bits per heavy atom. The van der Waals surface area contributed by atoms with Crippen molar-refractivity contribution in [2.75, 3.05) is 26.7 Å². The number of hydrogen-bond donors (Lipinski definition) is 2. The lowest BCUT2D eigenvalue weighted by molar-refractivity contribution is -0.132. The quantitative estimate of drug-likeness (QED) is 0.893. The summed E-state index contributed by atoms with van der Waals surface area (Å²) in [6.45, 7) is 6.43. The molecule has 1 atom stereocenters. The lowest BCUT2D eigenvalue weighted by atomic mass is 10.1. The molecule has 0 saturated carbocycles. The fourth-order valence-corrected chi connectivity index (χ4v) is 3.20. The van der Waals surface area contributed by atoms with Gasteiger partial charge < -0.3 is 15.0 Å². The number of aliphatic hydroxyl groups excluding tert-OH is 1. The lowest BCUT2D eigenvalue weighted by Gasteiger charge is -2.30. The van der Waals surface area contributed by atoms with Crippen LogP contribution in [0.2, 0.25) is 0 Å². The molecule has 1 amide bonds. The van der Waals surface area contributed by atoms with E-state index in [0.717, 1.165) is 36.2 Å². The van der Waals surface area contributed by atoms with Crippen molar-refractivity contribution >= 4 is 16.9 Å². The molecule has 3 rings (SSSR count). The maximum Gasteiger partial charge on any atom is 0.236 e. The van der Waals surface area contributed by atoms with E-state index in [1.165, 1.54) is 11.1 Å². The zero-order chi connectivity index (χ0) is 17.3. The number of carbonyl (C=O) groups is 1. The van der Waals surface area contributed by atoms with Crippen LogP contribution >= 0.6 is 0 Å². The van der Waals surface area contributed by atoms with Crippen LogP contribution in [0, 0.1) is 13.8 Å². The molecular weight excluding hydrogens is 304 g/mol. The first-order valence-electron chi connectivity index (χ1n) is 8.52. The highest BCUT2D eigenvalue weighted by Crippen LogP contribution is 2.18. The van der Waals surface area contributed by atoms with Crippen molar-refractivity contribution in [1.82, 2.24) is 19.8 Å². The van der Waals surface area contributed by atoms with Crippen molar-refractivity contribution in [3.8, 4) is 0 Å². The molecular formula is C18H26N4O2. The number of β-amino-alcohol motifs (C(OH)–C–C–N with tert-alkyl or cyclic N) is 1. The third-order valence-electron chi connectivity index (χ3n) is 4.80. The summed E-state index contributed by atoms with van der Waals surface area (Å²) in [5, 5.41) is 9.71. The predicted molar refractivity (Wildman–Crippen MR) is 93.7 cm³/mol. The Bertz CT molecular complexity index is 701. The topological polar surface area (TPSA) is 72.5 Å². The summed E-state index contributed by atoms with van der Waals surface area (Å²) in [6, 6.07) is 4.17. The molecule has 1 fully saturated rings. The van der Waals surface area contributed by atoms with Gasteiger partial charge in [0.05, 0.1) is 30.2 Å². The molecule has 1 unspecified atom stereocenters. The number of nitrogens with zero attached hydrogens (tertiary/aromatic N) is 3. The van der Waals surface area contributed by atoms with Crippen LogP contribution in [0.15, 0.2) is 12.1 Å². The molecule has 6 heteroatoms. The largest absolute Gasteiger partial charge is 0.392 e. The Balaban J connectivity index is 1.63. The summed E-state index contributed by atoms with van der Waals surface area (Å²) in [5.74, 6) is 0.849. The van der Waals surface area contributed by atoms with Crippen molar-refractivity contribution in [2.24, 2.45) is 0 Å². The van der Waals surface area contributed by atoms with Gasteiger partial charge in [0.2, 0.25) is 5.91 Å². The lowest BCUT2D eigenvalue weighted by Crippen LogP contribution is -2.44. The van der Waals surface area contributed by atoms with E-state index in [2.05, 4.69) is 35.9 Å². The summed E-state index contributed by atoms with van der Waals surface area (Å²) in [4.78, 5) is 24.0. The molecule has 1 aromatic heterocycles. The minimum absolute atomic E-state index is 0.0527. The first-order chi connectivity index (χ1) is 11.4. The first-order valence-corrected chi connectivity index (χ1v) is 8.52. The Kier molecular flexibility index (Phi) is 4.87. The monoisotopic (exact) mass is 330 g/mol. The number of fused-ring (bicyclic) bond motifs is 1. The Labute approximate surface area is 142 Å². The number of amides is 1. The Morgan fingerprint density at radius 2 is 2.17 bits per heavy atom. The number of aromatic amines is 1. The number of aliphatic hydroxyl groups is 1. The molecule has 1 aliphatic heterocycles. The van der Waals surface area contributed by atoms with E-state index in [9.17, 15) is 9.90 Å². The second-order valence-electron chi connectivity index (χ2n) is 6.92. The first kappa shape index (κ1) is 16.9. The molecule has 0 bridgehead atoms. The predicted octanol–water partition coefficient (Wildman–Crippen LogP) is 1.59. The smallest absolute Gasteiger partial charge is 0.236 e. The van der Waals surface area contributed by atoms with E-state index in [1.807, 2.05) is 4.90 Å². The number of piperidine rings is 1. The normalized spacial score (nSPS) is 18.9. The van der Waals surface area contributed by atoms with Crippen molar-refractivity contribution in [3.63, 3.8) is 0 Å². The third-order valence-corrected chi connectivity index (χ3v) is 4.80. The van der Waals surface area contributed by atoms with Gasteiger partial charge in [-0.05, 0) is 56.5 Å². The number of benzene rings is 1. The van der Waals surface area contributed by atoms with Crippen LogP contribution in [0.3, 0.4) is 0 Å². The Morgan fingerprint density at radius 1 is 1.42 bits per heavy atom. The van der Waals surface area contributed by atoms with Gasteiger partial charge in [-0.3, -0.25) is 9.69 Å². The molecule has 0 radical (unpaired) electrons. The molecule has 1 aromatic carbocycles. The van der Waals surface area contributed by atoms with Gasteiger partial charge in [-0.2, -0.15) is 0 Å². The summed E-state index contributed by atoms with van der Waals surface area (Å²) in [7, 11) is 1.80. The zero-order valence-electron chi connectivity index (χ0n) is 14.7. The fourth-order valence-electron chi connectivity index (χ4n) is 3.20. The number of aryl methyl sites for hydroxylation is 2. The van der Waals surface area contributed by atoms with E-state index in [4.69, 9.17) is 0 Å². The number of nitrogens with one attached hydrogen (secondary N) is 1. The van der Waals surface area contributed by atoms with Crippen LogP contribution in [0.4, 0.5) is 0 Å². The number of hydrogen-bond acceptors (Lipinski definition) is 4. The van der Waals surface area contributed by atoms with Gasteiger partial charge in [0.1, 0.15) is 5.82 Å². The van der Waals surface area contributed by atoms with E-state index in [0.29, 0.717) is 19.6 Å². The van der Waals surface area contributed by atoms with E-state index < -0.39 is 0 Å². The van der Waals surface area contributed by atoms with Gasteiger partial charge >= 0.3 is 0 Å². The molecule has 1 saturated heterocycles. The number of aromatic nitrogens is 2. The Hall–Kier alpha value is -1.92. The fraction of sp³-hybridized carbons (Fsp3) is 0.556. The number of rotatable bonds is 4. The van der Waals surface area contributed by atoms with Crippen LogP contribution in [-0.2, 0) is 11.3 Å². The van der Waals surface area contributed by atoms with E-state index in [1.54, 1.807) is 11.9 Å². The molecule has 2 heterocycles. The van der Waals surface area contributed by atoms with E-state index >= 15 is 0 Å². The SMILES string of the molecule is Cc1cc2nc(CN(C)C(=O)CN3CCCC(O)C3)[nH]c2cc1C. The van der Waals surface area contributed by atoms with Crippen molar-refractivity contribution in [1.29, 1.82) is 0 Å². The molecule has 24 heavy (non-hydrogen) atoms. The summed E-state index contributed by atoms with van der Waals surface area (Å²) in [5.41, 5.74) is 4.39. The molecule has 1 aliphatic rings. The minimum atomic E-state index is -0.307. The van der Waals surface area contributed by atoms with Crippen molar-refractivity contribution in [2.45, 2.75) is 39.3 Å². The standard InChI is InChI=1S/C18H26N4O2/c1-12-7-15-16(8-13(12)2)20-17(19-15)10-21(3)18(24)11-22-6-4-5-14(23)9-22/h7-8,14,23H,4-6,9-11H2,1-3H3,(H,19,20).